The third-order valence-corrected chi connectivity index (χ3v) is 2.12. The van der Waals surface area contributed by atoms with Crippen molar-refractivity contribution >= 4 is 29.9 Å². The van der Waals surface area contributed by atoms with E-state index in [-0.39, 0.29) is 6.15 Å². The molecular formula is C11H8ClN3O2. The molecular weight excluding hydrogens is 242 g/mol. The molecule has 0 fully saturated rings. The highest BCUT2D eigenvalue weighted by Gasteiger charge is 1.93. The maximum atomic E-state index is 8.12. The summed E-state index contributed by atoms with van der Waals surface area (Å²) in [7, 11) is 0. The van der Waals surface area contributed by atoms with Crippen molar-refractivity contribution in [2.45, 2.75) is 0 Å². The van der Waals surface area contributed by atoms with Crippen LogP contribution < -0.4 is 0 Å². The second-order valence-electron chi connectivity index (χ2n) is 2.83. The molecule has 1 aromatic carbocycles. The maximum Gasteiger partial charge on any atom is 0.373 e. The fourth-order valence-electron chi connectivity index (χ4n) is 1.08. The van der Waals surface area contributed by atoms with E-state index >= 15 is 0 Å². The lowest BCUT2D eigenvalue weighted by Crippen LogP contribution is -1.74. The normalized spacial score (nSPS) is 9.47. The van der Waals surface area contributed by atoms with Crippen LogP contribution in [0.4, 0.5) is 0 Å². The van der Waals surface area contributed by atoms with Crippen molar-refractivity contribution in [3.05, 3.63) is 46.7 Å². The van der Waals surface area contributed by atoms with Crippen LogP contribution in [0.3, 0.4) is 0 Å². The first-order valence-corrected chi connectivity index (χ1v) is 4.93. The van der Waals surface area contributed by atoms with Gasteiger partial charge in [0.25, 0.3) is 0 Å². The zero-order chi connectivity index (χ0) is 12.5. The summed E-state index contributed by atoms with van der Waals surface area (Å²) in [4.78, 5) is 16.2. The minimum absolute atomic E-state index is 0.250. The Morgan fingerprint density at radius 1 is 1.24 bits per heavy atom. The van der Waals surface area contributed by atoms with E-state index < -0.39 is 0 Å². The summed E-state index contributed by atoms with van der Waals surface area (Å²) < 4.78 is 0. The van der Waals surface area contributed by atoms with E-state index in [0.717, 1.165) is 16.3 Å². The van der Waals surface area contributed by atoms with E-state index in [2.05, 4.69) is 15.4 Å². The highest BCUT2D eigenvalue weighted by molar-refractivity contribution is 6.32. The lowest BCUT2D eigenvalue weighted by molar-refractivity contribution is -0.191. The van der Waals surface area contributed by atoms with Gasteiger partial charge in [0.05, 0.1) is 6.20 Å². The number of H-pyrrole nitrogens is 1. The van der Waals surface area contributed by atoms with E-state index in [0.29, 0.717) is 0 Å². The summed E-state index contributed by atoms with van der Waals surface area (Å²) in [5.41, 5.74) is 1.75. The Morgan fingerprint density at radius 2 is 1.94 bits per heavy atom. The van der Waals surface area contributed by atoms with Gasteiger partial charge in [-0.05, 0) is 17.7 Å². The van der Waals surface area contributed by atoms with Crippen molar-refractivity contribution in [2.75, 3.05) is 0 Å². The number of rotatable bonds is 2. The summed E-state index contributed by atoms with van der Waals surface area (Å²) in [5, 5.41) is 10.9. The first kappa shape index (κ1) is 12.8. The Balaban J connectivity index is 0.000000437. The van der Waals surface area contributed by atoms with Crippen molar-refractivity contribution in [1.29, 1.82) is 0 Å². The molecule has 0 aliphatic rings. The topological polar surface area (TPSA) is 75.7 Å². The van der Waals surface area contributed by atoms with Gasteiger partial charge in [-0.15, -0.1) is 0 Å². The average molecular weight is 250 g/mol. The minimum atomic E-state index is 0.250. The summed E-state index contributed by atoms with van der Waals surface area (Å²) in [6.07, 6.45) is 5.65. The molecule has 1 aromatic heterocycles. The molecule has 0 atom stereocenters. The van der Waals surface area contributed by atoms with Gasteiger partial charge in [0.15, 0.2) is 0 Å². The molecule has 1 heterocycles. The monoisotopic (exact) mass is 249 g/mol. The quantitative estimate of drug-likeness (QED) is 0.884. The molecule has 0 aliphatic heterocycles. The largest absolute Gasteiger partial charge is 0.373 e. The number of hydrogen-bond donors (Lipinski definition) is 1. The highest BCUT2D eigenvalue weighted by atomic mass is 35.5. The molecule has 0 amide bonds. The van der Waals surface area contributed by atoms with Crippen LogP contribution in [-0.4, -0.2) is 21.6 Å². The number of benzene rings is 1. The van der Waals surface area contributed by atoms with E-state index in [4.69, 9.17) is 21.2 Å². The summed E-state index contributed by atoms with van der Waals surface area (Å²) in [6.45, 7) is 0. The standard InChI is InChI=1S/C10H8ClN3.CO2/c11-10-4-2-1-3-8(10)5-6-9-7-12-14-13-9;2-1-3/h1-7H,(H,12,13,14);. The van der Waals surface area contributed by atoms with Crippen molar-refractivity contribution in [1.82, 2.24) is 15.4 Å². The van der Waals surface area contributed by atoms with Crippen LogP contribution in [0, 0.1) is 0 Å². The number of nitrogens with zero attached hydrogens (tertiary/aromatic N) is 2. The predicted octanol–water partition coefficient (Wildman–Crippen LogP) is 2.04. The Labute approximate surface area is 102 Å². The fourth-order valence-corrected chi connectivity index (χ4v) is 1.27. The summed E-state index contributed by atoms with van der Waals surface area (Å²) in [6, 6.07) is 7.63. The van der Waals surface area contributed by atoms with Gasteiger partial charge in [-0.25, -0.2) is 0 Å². The predicted molar refractivity (Wildman–Crippen MR) is 61.8 cm³/mol. The van der Waals surface area contributed by atoms with Gasteiger partial charge in [0.1, 0.15) is 5.69 Å². The second-order valence-corrected chi connectivity index (χ2v) is 3.24. The first-order chi connectivity index (χ1) is 8.27. The van der Waals surface area contributed by atoms with Crippen LogP contribution in [0.2, 0.25) is 5.02 Å². The Kier molecular flexibility index (Phi) is 5.37. The molecule has 0 radical (unpaired) electrons. The van der Waals surface area contributed by atoms with Crippen molar-refractivity contribution in [2.24, 2.45) is 0 Å². The molecule has 2 rings (SSSR count). The number of nitrogens with one attached hydrogen (secondary N) is 1. The second kappa shape index (κ2) is 7.11. The van der Waals surface area contributed by atoms with Crippen LogP contribution >= 0.6 is 11.6 Å². The van der Waals surface area contributed by atoms with E-state index in [9.17, 15) is 0 Å². The van der Waals surface area contributed by atoms with Gasteiger partial charge in [0, 0.05) is 5.02 Å². The van der Waals surface area contributed by atoms with Gasteiger partial charge in [-0.3, -0.25) is 0 Å². The van der Waals surface area contributed by atoms with Gasteiger partial charge in [0.2, 0.25) is 0 Å². The third kappa shape index (κ3) is 4.42. The number of aromatic nitrogens is 3. The van der Waals surface area contributed by atoms with Crippen LogP contribution in [-0.2, 0) is 9.59 Å². The molecule has 1 N–H and O–H groups in total. The van der Waals surface area contributed by atoms with Crippen LogP contribution in [0.1, 0.15) is 11.3 Å². The molecule has 17 heavy (non-hydrogen) atoms. The van der Waals surface area contributed by atoms with E-state index in [1.807, 2.05) is 36.4 Å². The van der Waals surface area contributed by atoms with Crippen LogP contribution in [0.25, 0.3) is 12.2 Å². The van der Waals surface area contributed by atoms with Gasteiger partial charge in [-0.1, -0.05) is 35.9 Å². The molecule has 0 saturated carbocycles. The van der Waals surface area contributed by atoms with Crippen LogP contribution in [0.15, 0.2) is 30.5 Å². The SMILES string of the molecule is Clc1ccccc1C=Cc1cn[nH]n1.O=C=O. The minimum Gasteiger partial charge on any atom is -0.197 e. The maximum absolute atomic E-state index is 8.12. The smallest absolute Gasteiger partial charge is 0.197 e. The highest BCUT2D eigenvalue weighted by Crippen LogP contribution is 2.17. The van der Waals surface area contributed by atoms with Gasteiger partial charge < -0.3 is 0 Å². The Bertz CT molecular complexity index is 517. The van der Waals surface area contributed by atoms with Crippen molar-refractivity contribution in [3.8, 4) is 0 Å². The zero-order valence-electron chi connectivity index (χ0n) is 8.63. The third-order valence-electron chi connectivity index (χ3n) is 1.77. The Morgan fingerprint density at radius 3 is 2.53 bits per heavy atom. The number of aromatic amines is 1. The van der Waals surface area contributed by atoms with Gasteiger partial charge >= 0.3 is 6.15 Å². The number of hydrogen-bond acceptors (Lipinski definition) is 4. The number of carbonyl (C=O) groups excluding carboxylic acids is 2. The fraction of sp³-hybridized carbons (Fsp3) is 0. The first-order valence-electron chi connectivity index (χ1n) is 4.55. The molecule has 0 aliphatic carbocycles. The lowest BCUT2D eigenvalue weighted by Gasteiger charge is -1.94. The molecule has 6 heteroatoms. The van der Waals surface area contributed by atoms with Gasteiger partial charge in [-0.2, -0.15) is 25.0 Å². The summed E-state index contributed by atoms with van der Waals surface area (Å²) in [5.74, 6) is 0. The van der Waals surface area contributed by atoms with E-state index in [1.54, 1.807) is 6.20 Å². The molecule has 86 valence electrons. The molecule has 2 aromatic rings. The summed E-state index contributed by atoms with van der Waals surface area (Å²) >= 11 is 5.97. The molecule has 5 nitrogen and oxygen atoms in total. The average Bonchev–Trinajstić information content (AvgIpc) is 2.82. The number of halogens is 1. The molecule has 0 bridgehead atoms. The van der Waals surface area contributed by atoms with Crippen molar-refractivity contribution < 1.29 is 9.59 Å². The zero-order valence-corrected chi connectivity index (χ0v) is 9.39. The Hall–Kier alpha value is -2.23. The molecule has 0 unspecified atom stereocenters. The van der Waals surface area contributed by atoms with E-state index in [1.165, 1.54) is 0 Å². The lowest BCUT2D eigenvalue weighted by atomic mass is 10.2. The molecule has 0 saturated heterocycles. The van der Waals surface area contributed by atoms with Crippen LogP contribution in [0.5, 0.6) is 0 Å². The molecule has 0 spiro atoms. The van der Waals surface area contributed by atoms with Crippen molar-refractivity contribution in [3.63, 3.8) is 0 Å².